The molecular weight excluding hydrogens is 206 g/mol. The molecule has 0 unspecified atom stereocenters. The van der Waals surface area contributed by atoms with Crippen LogP contribution in [0.5, 0.6) is 5.75 Å². The van der Waals surface area contributed by atoms with Crippen LogP contribution < -0.4 is 5.73 Å². The SMILES string of the molecule is NCCC1=CC(=O)c2cccc(O)c2C1=O. The lowest BCUT2D eigenvalue weighted by Gasteiger charge is -2.15. The van der Waals surface area contributed by atoms with Crippen molar-refractivity contribution >= 4 is 11.6 Å². The van der Waals surface area contributed by atoms with Crippen molar-refractivity contribution < 1.29 is 14.7 Å². The van der Waals surface area contributed by atoms with E-state index >= 15 is 0 Å². The highest BCUT2D eigenvalue weighted by atomic mass is 16.3. The van der Waals surface area contributed by atoms with E-state index in [0.29, 0.717) is 18.5 Å². The predicted octanol–water partition coefficient (Wildman–Crippen LogP) is 1.05. The number of ketones is 2. The van der Waals surface area contributed by atoms with Gasteiger partial charge in [-0.25, -0.2) is 0 Å². The van der Waals surface area contributed by atoms with Crippen molar-refractivity contribution in [2.45, 2.75) is 6.42 Å². The minimum atomic E-state index is -0.307. The maximum atomic E-state index is 11.9. The van der Waals surface area contributed by atoms with Gasteiger partial charge in [0.2, 0.25) is 0 Å². The molecule has 0 aromatic heterocycles. The second-order valence-electron chi connectivity index (χ2n) is 3.60. The lowest BCUT2D eigenvalue weighted by Crippen LogP contribution is -2.19. The molecule has 0 aliphatic heterocycles. The number of fused-ring (bicyclic) bond motifs is 1. The molecule has 82 valence electrons. The summed E-state index contributed by atoms with van der Waals surface area (Å²) in [6.45, 7) is 0.299. The third kappa shape index (κ3) is 1.53. The average Bonchev–Trinajstić information content (AvgIpc) is 2.25. The number of nitrogens with two attached hydrogens (primary N) is 1. The van der Waals surface area contributed by atoms with E-state index in [9.17, 15) is 14.7 Å². The number of carbonyl (C=O) groups is 2. The number of aromatic hydroxyl groups is 1. The number of Topliss-reactive ketones (excluding diaryl/α,β-unsaturated/α-hetero) is 1. The molecule has 1 aliphatic carbocycles. The van der Waals surface area contributed by atoms with Crippen LogP contribution in [-0.2, 0) is 0 Å². The van der Waals surface area contributed by atoms with Gasteiger partial charge in [0.1, 0.15) is 5.75 Å². The Morgan fingerprint density at radius 3 is 2.69 bits per heavy atom. The maximum absolute atomic E-state index is 11.9. The summed E-state index contributed by atoms with van der Waals surface area (Å²) in [6, 6.07) is 4.47. The Morgan fingerprint density at radius 2 is 2.00 bits per heavy atom. The third-order valence-electron chi connectivity index (χ3n) is 2.55. The standard InChI is InChI=1S/C12H11NO3/c13-5-4-7-6-10(15)8-2-1-3-9(14)11(8)12(7)16/h1-3,6,14H,4-5,13H2. The highest BCUT2D eigenvalue weighted by molar-refractivity contribution is 6.25. The van der Waals surface area contributed by atoms with E-state index in [4.69, 9.17) is 5.73 Å². The molecule has 3 N–H and O–H groups in total. The number of benzene rings is 1. The van der Waals surface area contributed by atoms with Crippen LogP contribution in [0.25, 0.3) is 0 Å². The molecule has 0 bridgehead atoms. The number of phenols is 1. The quantitative estimate of drug-likeness (QED) is 0.775. The Labute approximate surface area is 92.4 Å². The summed E-state index contributed by atoms with van der Waals surface area (Å²) in [5, 5.41) is 9.60. The number of carbonyl (C=O) groups excluding carboxylic acids is 2. The highest BCUT2D eigenvalue weighted by Gasteiger charge is 2.27. The molecule has 0 fully saturated rings. The van der Waals surface area contributed by atoms with Crippen LogP contribution in [0.15, 0.2) is 29.8 Å². The average molecular weight is 217 g/mol. The Balaban J connectivity index is 2.57. The minimum Gasteiger partial charge on any atom is -0.507 e. The zero-order chi connectivity index (χ0) is 11.7. The largest absolute Gasteiger partial charge is 0.507 e. The summed E-state index contributed by atoms with van der Waals surface area (Å²) in [5.74, 6) is -0.717. The van der Waals surface area contributed by atoms with Gasteiger partial charge >= 0.3 is 0 Å². The smallest absolute Gasteiger partial charge is 0.193 e. The Hall–Kier alpha value is -1.94. The number of hydrogen-bond donors (Lipinski definition) is 2. The zero-order valence-electron chi connectivity index (χ0n) is 8.56. The summed E-state index contributed by atoms with van der Waals surface area (Å²) >= 11 is 0. The monoisotopic (exact) mass is 217 g/mol. The minimum absolute atomic E-state index is 0.0958. The predicted molar refractivity (Wildman–Crippen MR) is 58.5 cm³/mol. The molecule has 0 saturated heterocycles. The van der Waals surface area contributed by atoms with Gasteiger partial charge in [-0.1, -0.05) is 12.1 Å². The molecule has 0 saturated carbocycles. The molecule has 4 heteroatoms. The molecule has 1 aromatic carbocycles. The number of phenolic OH excluding ortho intramolecular Hbond substituents is 1. The van der Waals surface area contributed by atoms with E-state index < -0.39 is 0 Å². The van der Waals surface area contributed by atoms with Crippen molar-refractivity contribution in [3.05, 3.63) is 41.0 Å². The first-order chi connectivity index (χ1) is 7.65. The molecule has 0 amide bonds. The topological polar surface area (TPSA) is 80.4 Å². The van der Waals surface area contributed by atoms with Gasteiger partial charge < -0.3 is 10.8 Å². The van der Waals surface area contributed by atoms with Crippen molar-refractivity contribution in [3.8, 4) is 5.75 Å². The van der Waals surface area contributed by atoms with Gasteiger partial charge in [-0.15, -0.1) is 0 Å². The van der Waals surface area contributed by atoms with Crippen LogP contribution in [0.4, 0.5) is 0 Å². The Kier molecular flexibility index (Phi) is 2.58. The van der Waals surface area contributed by atoms with Gasteiger partial charge in [-0.05, 0) is 25.1 Å². The van der Waals surface area contributed by atoms with Crippen molar-refractivity contribution in [1.82, 2.24) is 0 Å². The van der Waals surface area contributed by atoms with Gasteiger partial charge in [0, 0.05) is 11.1 Å². The number of hydrogen-bond acceptors (Lipinski definition) is 4. The summed E-state index contributed by atoms with van der Waals surface area (Å²) in [4.78, 5) is 23.6. The van der Waals surface area contributed by atoms with Crippen LogP contribution in [0.2, 0.25) is 0 Å². The maximum Gasteiger partial charge on any atom is 0.193 e. The van der Waals surface area contributed by atoms with Crippen molar-refractivity contribution in [2.24, 2.45) is 5.73 Å². The molecule has 0 atom stereocenters. The van der Waals surface area contributed by atoms with Crippen LogP contribution in [-0.4, -0.2) is 23.2 Å². The van der Waals surface area contributed by atoms with Gasteiger partial charge in [-0.3, -0.25) is 9.59 Å². The Morgan fingerprint density at radius 1 is 1.25 bits per heavy atom. The summed E-state index contributed by atoms with van der Waals surface area (Å²) < 4.78 is 0. The van der Waals surface area contributed by atoms with E-state index in [-0.39, 0.29) is 28.4 Å². The molecular formula is C12H11NO3. The second kappa shape index (κ2) is 3.90. The molecule has 0 radical (unpaired) electrons. The normalized spacial score (nSPS) is 14.7. The lowest BCUT2D eigenvalue weighted by atomic mass is 9.87. The lowest BCUT2D eigenvalue weighted by molar-refractivity contribution is 0.0979. The zero-order valence-corrected chi connectivity index (χ0v) is 8.56. The van der Waals surface area contributed by atoms with Crippen molar-refractivity contribution in [1.29, 1.82) is 0 Å². The molecule has 4 nitrogen and oxygen atoms in total. The molecule has 2 rings (SSSR count). The van der Waals surface area contributed by atoms with Gasteiger partial charge in [0.15, 0.2) is 11.6 Å². The van der Waals surface area contributed by atoms with Gasteiger partial charge in [-0.2, -0.15) is 0 Å². The van der Waals surface area contributed by atoms with E-state index in [1.54, 1.807) is 6.07 Å². The first-order valence-electron chi connectivity index (χ1n) is 4.97. The van der Waals surface area contributed by atoms with Gasteiger partial charge in [0.25, 0.3) is 0 Å². The summed E-state index contributed by atoms with van der Waals surface area (Å²) in [5.41, 5.74) is 6.07. The molecule has 0 heterocycles. The number of rotatable bonds is 2. The fourth-order valence-corrected chi connectivity index (χ4v) is 1.79. The summed E-state index contributed by atoms with van der Waals surface area (Å²) in [7, 11) is 0. The highest BCUT2D eigenvalue weighted by Crippen LogP contribution is 2.29. The van der Waals surface area contributed by atoms with E-state index in [2.05, 4.69) is 0 Å². The molecule has 0 spiro atoms. The first kappa shape index (κ1) is 10.6. The van der Waals surface area contributed by atoms with Gasteiger partial charge in [0.05, 0.1) is 5.56 Å². The van der Waals surface area contributed by atoms with Crippen LogP contribution in [0.3, 0.4) is 0 Å². The van der Waals surface area contributed by atoms with Crippen molar-refractivity contribution in [3.63, 3.8) is 0 Å². The molecule has 1 aliphatic rings. The second-order valence-corrected chi connectivity index (χ2v) is 3.60. The van der Waals surface area contributed by atoms with Crippen LogP contribution in [0.1, 0.15) is 27.1 Å². The first-order valence-corrected chi connectivity index (χ1v) is 4.97. The van der Waals surface area contributed by atoms with Crippen LogP contribution in [0, 0.1) is 0 Å². The third-order valence-corrected chi connectivity index (χ3v) is 2.55. The van der Waals surface area contributed by atoms with E-state index in [1.807, 2.05) is 0 Å². The number of allylic oxidation sites excluding steroid dienone is 1. The van der Waals surface area contributed by atoms with Crippen molar-refractivity contribution in [2.75, 3.05) is 6.54 Å². The van der Waals surface area contributed by atoms with Crippen LogP contribution >= 0.6 is 0 Å². The molecule has 16 heavy (non-hydrogen) atoms. The summed E-state index contributed by atoms with van der Waals surface area (Å²) in [6.07, 6.45) is 1.65. The van der Waals surface area contributed by atoms with E-state index in [1.165, 1.54) is 18.2 Å². The van der Waals surface area contributed by atoms with E-state index in [0.717, 1.165) is 0 Å². The fraction of sp³-hybridized carbons (Fsp3) is 0.167. The molecule has 1 aromatic rings. The fourth-order valence-electron chi connectivity index (χ4n) is 1.79. The Bertz CT molecular complexity index is 503.